The van der Waals surface area contributed by atoms with Crippen LogP contribution >= 0.6 is 0 Å². The van der Waals surface area contributed by atoms with Crippen LogP contribution in [0.4, 0.5) is 0 Å². The molecule has 0 N–H and O–H groups in total. The topological polar surface area (TPSA) is 12.5 Å². The molecular formula is C11H21NO. The zero-order valence-corrected chi connectivity index (χ0v) is 8.83. The van der Waals surface area contributed by atoms with E-state index in [2.05, 4.69) is 11.8 Å². The third-order valence-electron chi connectivity index (χ3n) is 3.43. The summed E-state index contributed by atoms with van der Waals surface area (Å²) in [7, 11) is 1.84. The Morgan fingerprint density at radius 3 is 2.62 bits per heavy atom. The zero-order valence-electron chi connectivity index (χ0n) is 8.83. The highest BCUT2D eigenvalue weighted by Gasteiger charge is 2.30. The van der Waals surface area contributed by atoms with Gasteiger partial charge >= 0.3 is 0 Å². The van der Waals surface area contributed by atoms with Crippen LogP contribution in [-0.4, -0.2) is 37.7 Å². The van der Waals surface area contributed by atoms with Gasteiger partial charge in [-0.05, 0) is 31.1 Å². The van der Waals surface area contributed by atoms with Crippen molar-refractivity contribution in [1.82, 2.24) is 4.90 Å². The van der Waals surface area contributed by atoms with Crippen molar-refractivity contribution in [3.63, 3.8) is 0 Å². The van der Waals surface area contributed by atoms with Gasteiger partial charge in [0, 0.05) is 26.7 Å². The molecule has 76 valence electrons. The molecule has 2 heteroatoms. The molecule has 0 aromatic heterocycles. The van der Waals surface area contributed by atoms with Crippen molar-refractivity contribution in [3.05, 3.63) is 0 Å². The summed E-state index contributed by atoms with van der Waals surface area (Å²) in [6.07, 6.45) is 4.68. The number of ether oxygens (including phenoxy) is 1. The van der Waals surface area contributed by atoms with Crippen LogP contribution in [0.5, 0.6) is 0 Å². The number of methoxy groups -OCH3 is 1. The molecule has 1 aliphatic heterocycles. The minimum atomic E-state index is 0.510. The second-order valence-corrected chi connectivity index (χ2v) is 4.74. The highest BCUT2D eigenvalue weighted by Crippen LogP contribution is 2.31. The summed E-state index contributed by atoms with van der Waals surface area (Å²) in [6, 6.07) is 0. The Labute approximate surface area is 81.3 Å². The van der Waals surface area contributed by atoms with Crippen LogP contribution in [0.1, 0.15) is 26.2 Å². The first kappa shape index (κ1) is 9.47. The number of hydrogen-bond donors (Lipinski definition) is 0. The summed E-state index contributed by atoms with van der Waals surface area (Å²) in [5, 5.41) is 0. The second kappa shape index (κ2) is 3.97. The van der Waals surface area contributed by atoms with E-state index in [9.17, 15) is 0 Å². The summed E-state index contributed by atoms with van der Waals surface area (Å²) in [5.41, 5.74) is 0. The normalized spacial score (nSPS) is 36.5. The fraction of sp³-hybridized carbons (Fsp3) is 1.00. The maximum atomic E-state index is 5.45. The van der Waals surface area contributed by atoms with E-state index in [-0.39, 0.29) is 0 Å². The highest BCUT2D eigenvalue weighted by atomic mass is 16.5. The molecule has 0 amide bonds. The van der Waals surface area contributed by atoms with Crippen LogP contribution in [-0.2, 0) is 4.74 Å². The Balaban J connectivity index is 1.76. The molecule has 2 fully saturated rings. The number of likely N-dealkylation sites (tertiary alicyclic amines) is 1. The van der Waals surface area contributed by atoms with Crippen LogP contribution in [0.25, 0.3) is 0 Å². The molecule has 13 heavy (non-hydrogen) atoms. The third kappa shape index (κ3) is 2.44. The van der Waals surface area contributed by atoms with Gasteiger partial charge in [-0.3, -0.25) is 0 Å². The molecule has 1 heterocycles. The lowest BCUT2D eigenvalue weighted by molar-refractivity contribution is -0.000549. The van der Waals surface area contributed by atoms with Crippen molar-refractivity contribution in [2.45, 2.75) is 32.3 Å². The maximum Gasteiger partial charge on any atom is 0.0621 e. The summed E-state index contributed by atoms with van der Waals surface area (Å²) < 4.78 is 5.45. The van der Waals surface area contributed by atoms with Gasteiger partial charge in [-0.2, -0.15) is 0 Å². The molecule has 0 radical (unpaired) electrons. The molecule has 0 aromatic carbocycles. The monoisotopic (exact) mass is 183 g/mol. The van der Waals surface area contributed by atoms with Crippen molar-refractivity contribution in [2.75, 3.05) is 26.7 Å². The molecule has 2 nitrogen and oxygen atoms in total. The van der Waals surface area contributed by atoms with E-state index >= 15 is 0 Å². The van der Waals surface area contributed by atoms with E-state index in [1.54, 1.807) is 0 Å². The van der Waals surface area contributed by atoms with E-state index in [0.717, 1.165) is 11.8 Å². The van der Waals surface area contributed by atoms with Gasteiger partial charge in [-0.25, -0.2) is 0 Å². The van der Waals surface area contributed by atoms with Gasteiger partial charge < -0.3 is 9.64 Å². The predicted molar refractivity (Wildman–Crippen MR) is 53.7 cm³/mol. The Hall–Kier alpha value is -0.0800. The third-order valence-corrected chi connectivity index (χ3v) is 3.43. The standard InChI is InChI=1S/C11H21NO/c1-9-7-12(8-10-3-4-10)6-5-11(9)13-2/h9-11H,3-8H2,1-2H3/t9-,11+/m0/s1. The van der Waals surface area contributed by atoms with Crippen LogP contribution in [0.3, 0.4) is 0 Å². The average molecular weight is 183 g/mol. The van der Waals surface area contributed by atoms with Gasteiger partial charge in [-0.15, -0.1) is 0 Å². The fourth-order valence-electron chi connectivity index (χ4n) is 2.39. The first-order chi connectivity index (χ1) is 6.29. The number of nitrogens with zero attached hydrogens (tertiary/aromatic N) is 1. The van der Waals surface area contributed by atoms with Crippen molar-refractivity contribution in [1.29, 1.82) is 0 Å². The van der Waals surface area contributed by atoms with Crippen LogP contribution in [0.15, 0.2) is 0 Å². The molecule has 2 atom stereocenters. The largest absolute Gasteiger partial charge is 0.381 e. The maximum absolute atomic E-state index is 5.45. The molecule has 0 aromatic rings. The molecule has 1 aliphatic carbocycles. The Bertz CT molecular complexity index is 167. The Morgan fingerprint density at radius 1 is 1.31 bits per heavy atom. The zero-order chi connectivity index (χ0) is 9.26. The minimum Gasteiger partial charge on any atom is -0.381 e. The molecular weight excluding hydrogens is 162 g/mol. The fourth-order valence-corrected chi connectivity index (χ4v) is 2.39. The quantitative estimate of drug-likeness (QED) is 0.661. The minimum absolute atomic E-state index is 0.510. The molecule has 2 aliphatic rings. The van der Waals surface area contributed by atoms with Crippen molar-refractivity contribution < 1.29 is 4.74 Å². The first-order valence-corrected chi connectivity index (χ1v) is 5.54. The van der Waals surface area contributed by atoms with Gasteiger partial charge in [0.05, 0.1) is 6.10 Å². The van der Waals surface area contributed by atoms with Crippen LogP contribution < -0.4 is 0 Å². The van der Waals surface area contributed by atoms with E-state index in [1.165, 1.54) is 38.9 Å². The summed E-state index contributed by atoms with van der Waals surface area (Å²) in [4.78, 5) is 2.62. The van der Waals surface area contributed by atoms with Gasteiger partial charge in [0.15, 0.2) is 0 Å². The first-order valence-electron chi connectivity index (χ1n) is 5.54. The van der Waals surface area contributed by atoms with E-state index in [4.69, 9.17) is 4.74 Å². The van der Waals surface area contributed by atoms with Gasteiger partial charge in [0.25, 0.3) is 0 Å². The van der Waals surface area contributed by atoms with E-state index in [1.807, 2.05) is 7.11 Å². The SMILES string of the molecule is CO[C@@H]1CCN(CC2CC2)C[C@@H]1C. The lowest BCUT2D eigenvalue weighted by atomic mass is 9.96. The molecule has 2 rings (SSSR count). The Kier molecular flexibility index (Phi) is 2.89. The molecule has 0 spiro atoms. The van der Waals surface area contributed by atoms with Crippen molar-refractivity contribution in [2.24, 2.45) is 11.8 Å². The lowest BCUT2D eigenvalue weighted by Gasteiger charge is -2.36. The van der Waals surface area contributed by atoms with Crippen molar-refractivity contribution >= 4 is 0 Å². The van der Waals surface area contributed by atoms with Gasteiger partial charge in [0.1, 0.15) is 0 Å². The predicted octanol–water partition coefficient (Wildman–Crippen LogP) is 1.75. The molecule has 1 saturated carbocycles. The molecule has 0 unspecified atom stereocenters. The smallest absolute Gasteiger partial charge is 0.0621 e. The number of hydrogen-bond acceptors (Lipinski definition) is 2. The van der Waals surface area contributed by atoms with Gasteiger partial charge in [0.2, 0.25) is 0 Å². The number of rotatable bonds is 3. The van der Waals surface area contributed by atoms with E-state index < -0.39 is 0 Å². The second-order valence-electron chi connectivity index (χ2n) is 4.74. The van der Waals surface area contributed by atoms with Crippen molar-refractivity contribution in [3.8, 4) is 0 Å². The average Bonchev–Trinajstić information content (AvgIpc) is 2.89. The molecule has 1 saturated heterocycles. The lowest BCUT2D eigenvalue weighted by Crippen LogP contribution is -2.43. The van der Waals surface area contributed by atoms with Crippen LogP contribution in [0.2, 0.25) is 0 Å². The highest BCUT2D eigenvalue weighted by molar-refractivity contribution is 4.83. The number of piperidine rings is 1. The van der Waals surface area contributed by atoms with Gasteiger partial charge in [-0.1, -0.05) is 6.92 Å². The Morgan fingerprint density at radius 2 is 2.08 bits per heavy atom. The van der Waals surface area contributed by atoms with E-state index in [0.29, 0.717) is 6.10 Å². The summed E-state index contributed by atoms with van der Waals surface area (Å²) in [5.74, 6) is 1.75. The molecule has 0 bridgehead atoms. The summed E-state index contributed by atoms with van der Waals surface area (Å²) >= 11 is 0. The van der Waals surface area contributed by atoms with Crippen LogP contribution in [0, 0.1) is 11.8 Å². The summed E-state index contributed by atoms with van der Waals surface area (Å²) in [6.45, 7) is 6.16.